The van der Waals surface area contributed by atoms with Gasteiger partial charge in [-0.1, -0.05) is 71.3 Å². The van der Waals surface area contributed by atoms with Gasteiger partial charge >= 0.3 is 0 Å². The lowest BCUT2D eigenvalue weighted by molar-refractivity contribution is 0.838. The smallest absolute Gasteiger partial charge is 0.0781 e. The Morgan fingerprint density at radius 1 is 1.33 bits per heavy atom. The second-order valence-corrected chi connectivity index (χ2v) is 3.49. The first kappa shape index (κ1) is 16.5. The van der Waals surface area contributed by atoms with Gasteiger partial charge in [0.05, 0.1) is 4.99 Å². The molecule has 0 aliphatic carbocycles. The Bertz CT molecular complexity index is 227. The van der Waals surface area contributed by atoms with Crippen molar-refractivity contribution in [1.29, 1.82) is 0 Å². The Labute approximate surface area is 100.0 Å². The van der Waals surface area contributed by atoms with E-state index in [9.17, 15) is 0 Å². The van der Waals surface area contributed by atoms with Gasteiger partial charge in [0, 0.05) is 12.5 Å². The van der Waals surface area contributed by atoms with E-state index in [0.717, 1.165) is 17.1 Å². The molecule has 0 aliphatic rings. The molecule has 0 heterocycles. The maximum Gasteiger partial charge on any atom is 0.0781 e. The van der Waals surface area contributed by atoms with Crippen LogP contribution in [0.2, 0.25) is 0 Å². The lowest BCUT2D eigenvalue weighted by Gasteiger charge is -2.10. The molecule has 2 heteroatoms. The molecule has 0 radical (unpaired) electrons. The predicted octanol–water partition coefficient (Wildman–Crippen LogP) is 3.88. The Balaban J connectivity index is 0. The summed E-state index contributed by atoms with van der Waals surface area (Å²) in [5.41, 5.74) is 1.10. The molecule has 0 aromatic carbocycles. The first-order valence-electron chi connectivity index (χ1n) is 5.33. The lowest BCUT2D eigenvalue weighted by atomic mass is 10.2. The van der Waals surface area contributed by atoms with E-state index in [1.807, 2.05) is 19.9 Å². The maximum absolute atomic E-state index is 5.13. The molecule has 0 aromatic rings. The molecule has 0 aliphatic heterocycles. The number of hydrogen-bond acceptors (Lipinski definition) is 1. The molecule has 0 saturated carbocycles. The van der Waals surface area contributed by atoms with Gasteiger partial charge in [0.1, 0.15) is 0 Å². The van der Waals surface area contributed by atoms with Gasteiger partial charge in [0.2, 0.25) is 0 Å². The van der Waals surface area contributed by atoms with Crippen LogP contribution in [0.5, 0.6) is 0 Å². The number of thiocarbonyl (C=S) groups is 1. The van der Waals surface area contributed by atoms with Crippen LogP contribution in [0.3, 0.4) is 0 Å². The van der Waals surface area contributed by atoms with Crippen molar-refractivity contribution in [3.05, 3.63) is 37.0 Å². The lowest BCUT2D eigenvalue weighted by Crippen LogP contribution is -2.27. The van der Waals surface area contributed by atoms with Crippen molar-refractivity contribution in [2.75, 3.05) is 6.54 Å². The maximum atomic E-state index is 5.13. The van der Waals surface area contributed by atoms with Gasteiger partial charge in [-0.05, 0) is 5.57 Å². The van der Waals surface area contributed by atoms with Crippen LogP contribution in [-0.4, -0.2) is 11.5 Å². The van der Waals surface area contributed by atoms with Crippen LogP contribution >= 0.6 is 12.2 Å². The second kappa shape index (κ2) is 11.2. The molecular weight excluding hydrogens is 202 g/mol. The number of rotatable bonds is 5. The van der Waals surface area contributed by atoms with Gasteiger partial charge < -0.3 is 5.32 Å². The van der Waals surface area contributed by atoms with E-state index in [2.05, 4.69) is 32.3 Å². The fourth-order valence-corrected chi connectivity index (χ4v) is 0.816. The number of allylic oxidation sites excluding steroid dienone is 2. The molecule has 0 rings (SSSR count). The van der Waals surface area contributed by atoms with Crippen LogP contribution in [0.1, 0.15) is 27.7 Å². The minimum absolute atomic E-state index is 0.393. The quantitative estimate of drug-likeness (QED) is 0.563. The van der Waals surface area contributed by atoms with Gasteiger partial charge in [-0.25, -0.2) is 0 Å². The van der Waals surface area contributed by atoms with Crippen LogP contribution in [0.4, 0.5) is 0 Å². The summed E-state index contributed by atoms with van der Waals surface area (Å²) in [5.74, 6) is 0.393. The fraction of sp³-hybridized carbons (Fsp3) is 0.462. The average Bonchev–Trinajstić information content (AvgIpc) is 2.26. The third-order valence-electron chi connectivity index (χ3n) is 1.59. The SMILES string of the molecule is C=C/C=C(\C=C)CNC(=S)C(C)C.CC. The zero-order chi connectivity index (χ0) is 12.3. The molecule has 0 atom stereocenters. The Hall–Kier alpha value is -0.890. The fourth-order valence-electron chi connectivity index (χ4n) is 0.744. The first-order chi connectivity index (χ1) is 7.11. The van der Waals surface area contributed by atoms with Gasteiger partial charge in [0.15, 0.2) is 0 Å². The molecule has 0 aromatic heterocycles. The molecule has 0 bridgehead atoms. The highest BCUT2D eigenvalue weighted by molar-refractivity contribution is 7.80. The van der Waals surface area contributed by atoms with Gasteiger partial charge in [-0.15, -0.1) is 0 Å². The number of nitrogens with one attached hydrogen (secondary N) is 1. The van der Waals surface area contributed by atoms with Gasteiger partial charge in [-0.3, -0.25) is 0 Å². The summed E-state index contributed by atoms with van der Waals surface area (Å²) in [5, 5.41) is 3.16. The van der Waals surface area contributed by atoms with E-state index < -0.39 is 0 Å². The topological polar surface area (TPSA) is 12.0 Å². The van der Waals surface area contributed by atoms with Gasteiger partial charge in [-0.2, -0.15) is 0 Å². The highest BCUT2D eigenvalue weighted by Gasteiger charge is 2.00. The van der Waals surface area contributed by atoms with E-state index in [0.29, 0.717) is 5.92 Å². The van der Waals surface area contributed by atoms with E-state index in [1.165, 1.54) is 0 Å². The van der Waals surface area contributed by atoms with E-state index >= 15 is 0 Å². The summed E-state index contributed by atoms with van der Waals surface area (Å²) in [7, 11) is 0. The minimum atomic E-state index is 0.393. The monoisotopic (exact) mass is 225 g/mol. The van der Waals surface area contributed by atoms with E-state index in [-0.39, 0.29) is 0 Å². The Morgan fingerprint density at radius 3 is 2.20 bits per heavy atom. The standard InChI is InChI=1S/C11H17NS.C2H6/c1-5-7-10(6-2)8-12-11(13)9(3)4;1-2/h5-7,9H,1-2,8H2,3-4H3,(H,12,13);1-2H3/b10-7+;. The van der Waals surface area contributed by atoms with E-state index in [4.69, 9.17) is 12.2 Å². The van der Waals surface area contributed by atoms with Crippen molar-refractivity contribution in [1.82, 2.24) is 5.32 Å². The van der Waals surface area contributed by atoms with Crippen LogP contribution in [-0.2, 0) is 0 Å². The van der Waals surface area contributed by atoms with Crippen molar-refractivity contribution in [2.45, 2.75) is 27.7 Å². The third-order valence-corrected chi connectivity index (χ3v) is 2.20. The van der Waals surface area contributed by atoms with Crippen molar-refractivity contribution in [3.8, 4) is 0 Å². The van der Waals surface area contributed by atoms with Crippen LogP contribution < -0.4 is 5.32 Å². The van der Waals surface area contributed by atoms with Crippen molar-refractivity contribution >= 4 is 17.2 Å². The molecule has 1 N–H and O–H groups in total. The minimum Gasteiger partial charge on any atom is -0.375 e. The summed E-state index contributed by atoms with van der Waals surface area (Å²) in [6.07, 6.45) is 5.47. The zero-order valence-electron chi connectivity index (χ0n) is 10.3. The Morgan fingerprint density at radius 2 is 1.87 bits per heavy atom. The predicted molar refractivity (Wildman–Crippen MR) is 75.3 cm³/mol. The molecule has 15 heavy (non-hydrogen) atoms. The Kier molecular flexibility index (Phi) is 12.3. The largest absolute Gasteiger partial charge is 0.375 e. The van der Waals surface area contributed by atoms with Crippen molar-refractivity contribution < 1.29 is 0 Å². The van der Waals surface area contributed by atoms with Crippen LogP contribution in [0, 0.1) is 5.92 Å². The highest BCUT2D eigenvalue weighted by Crippen LogP contribution is 1.97. The first-order valence-corrected chi connectivity index (χ1v) is 5.74. The molecule has 86 valence electrons. The molecular formula is C13H23NS. The average molecular weight is 225 g/mol. The molecule has 0 spiro atoms. The summed E-state index contributed by atoms with van der Waals surface area (Å²) < 4.78 is 0. The molecule has 0 unspecified atom stereocenters. The highest BCUT2D eigenvalue weighted by atomic mass is 32.1. The van der Waals surface area contributed by atoms with Crippen LogP contribution in [0.15, 0.2) is 37.0 Å². The summed E-state index contributed by atoms with van der Waals surface area (Å²) >= 11 is 5.13. The van der Waals surface area contributed by atoms with Crippen LogP contribution in [0.25, 0.3) is 0 Å². The summed E-state index contributed by atoms with van der Waals surface area (Å²) in [6.45, 7) is 16.2. The van der Waals surface area contributed by atoms with Gasteiger partial charge in [0.25, 0.3) is 0 Å². The van der Waals surface area contributed by atoms with Crippen molar-refractivity contribution in [3.63, 3.8) is 0 Å². The molecule has 0 amide bonds. The summed E-state index contributed by atoms with van der Waals surface area (Å²) in [4.78, 5) is 0.886. The summed E-state index contributed by atoms with van der Waals surface area (Å²) in [6, 6.07) is 0. The molecule has 0 fully saturated rings. The van der Waals surface area contributed by atoms with E-state index in [1.54, 1.807) is 12.2 Å². The molecule has 1 nitrogen and oxygen atoms in total. The van der Waals surface area contributed by atoms with Crippen molar-refractivity contribution in [2.24, 2.45) is 5.92 Å². The number of hydrogen-bond donors (Lipinski definition) is 1. The second-order valence-electron chi connectivity index (χ2n) is 3.05. The third kappa shape index (κ3) is 9.42. The molecule has 0 saturated heterocycles. The zero-order valence-corrected chi connectivity index (χ0v) is 11.2. The normalized spacial score (nSPS) is 10.1.